The van der Waals surface area contributed by atoms with E-state index in [-0.39, 0.29) is 12.8 Å². The lowest BCUT2D eigenvalue weighted by molar-refractivity contribution is -0.138. The minimum atomic E-state index is -4.42. The number of aliphatic carboxylic acids is 1. The molecule has 1 heterocycles. The highest BCUT2D eigenvalue weighted by Gasteiger charge is 2.30. The predicted molar refractivity (Wildman–Crippen MR) is 69.6 cm³/mol. The Bertz CT molecular complexity index is 662. The molecule has 0 spiro atoms. The van der Waals surface area contributed by atoms with Gasteiger partial charge in [-0.3, -0.25) is 9.48 Å². The summed E-state index contributed by atoms with van der Waals surface area (Å²) in [5.41, 5.74) is 0.743. The van der Waals surface area contributed by atoms with Crippen LogP contribution in [0.2, 0.25) is 0 Å². The summed E-state index contributed by atoms with van der Waals surface area (Å²) < 4.78 is 39.7. The second-order valence-corrected chi connectivity index (χ2v) is 4.60. The van der Waals surface area contributed by atoms with Crippen LogP contribution in [-0.4, -0.2) is 20.9 Å². The van der Waals surface area contributed by atoms with Crippen molar-refractivity contribution in [2.45, 2.75) is 19.0 Å². The van der Waals surface area contributed by atoms with Crippen LogP contribution in [0.15, 0.2) is 30.5 Å². The fraction of sp³-hybridized carbons (Fsp3) is 0.286. The highest BCUT2D eigenvalue weighted by Crippen LogP contribution is 2.33. The van der Waals surface area contributed by atoms with E-state index in [1.54, 1.807) is 13.1 Å². The normalized spacial score (nSPS) is 11.6. The molecule has 112 valence electrons. The molecule has 1 aromatic carbocycles. The van der Waals surface area contributed by atoms with Crippen molar-refractivity contribution in [3.05, 3.63) is 41.7 Å². The van der Waals surface area contributed by atoms with Gasteiger partial charge in [0.25, 0.3) is 0 Å². The van der Waals surface area contributed by atoms with Crippen molar-refractivity contribution < 1.29 is 23.1 Å². The van der Waals surface area contributed by atoms with Gasteiger partial charge in [0.2, 0.25) is 0 Å². The quantitative estimate of drug-likeness (QED) is 0.943. The zero-order valence-electron chi connectivity index (χ0n) is 11.2. The van der Waals surface area contributed by atoms with Crippen LogP contribution in [0.3, 0.4) is 0 Å². The molecule has 0 aliphatic rings. The lowest BCUT2D eigenvalue weighted by atomic mass is 10.0. The molecule has 0 aliphatic carbocycles. The zero-order valence-corrected chi connectivity index (χ0v) is 11.2. The number of carboxylic acids is 1. The van der Waals surface area contributed by atoms with Crippen LogP contribution >= 0.6 is 0 Å². The third-order valence-corrected chi connectivity index (χ3v) is 3.14. The van der Waals surface area contributed by atoms with Crippen LogP contribution in [0.25, 0.3) is 11.1 Å². The van der Waals surface area contributed by atoms with Gasteiger partial charge in [-0.2, -0.15) is 18.3 Å². The molecule has 0 atom stereocenters. The summed E-state index contributed by atoms with van der Waals surface area (Å²) in [5, 5.41) is 12.7. The predicted octanol–water partition coefficient (Wildman–Crippen LogP) is 3.12. The largest absolute Gasteiger partial charge is 0.481 e. The molecule has 1 N–H and O–H groups in total. The summed E-state index contributed by atoms with van der Waals surface area (Å²) in [4.78, 5) is 10.7. The maximum absolute atomic E-state index is 12.7. The Hall–Kier alpha value is -2.31. The van der Waals surface area contributed by atoms with Crippen LogP contribution in [0.4, 0.5) is 13.2 Å². The van der Waals surface area contributed by atoms with Crippen LogP contribution < -0.4 is 0 Å². The fourth-order valence-corrected chi connectivity index (χ4v) is 2.09. The minimum absolute atomic E-state index is 0.106. The van der Waals surface area contributed by atoms with E-state index in [1.165, 1.54) is 16.9 Å². The van der Waals surface area contributed by atoms with E-state index in [0.29, 0.717) is 16.8 Å². The van der Waals surface area contributed by atoms with Gasteiger partial charge in [0, 0.05) is 24.7 Å². The summed E-state index contributed by atoms with van der Waals surface area (Å²) >= 11 is 0. The van der Waals surface area contributed by atoms with Gasteiger partial charge in [0.15, 0.2) is 0 Å². The highest BCUT2D eigenvalue weighted by molar-refractivity contribution is 5.70. The SMILES string of the molecule is Cn1ncc(-c2cccc(C(F)(F)F)c2)c1CCC(=O)O. The van der Waals surface area contributed by atoms with Crippen molar-refractivity contribution in [1.29, 1.82) is 0 Å². The van der Waals surface area contributed by atoms with E-state index >= 15 is 0 Å². The Kier molecular flexibility index (Phi) is 4.02. The molecule has 1 aromatic heterocycles. The molecule has 0 saturated heterocycles. The minimum Gasteiger partial charge on any atom is -0.481 e. The number of hydrogen-bond donors (Lipinski definition) is 1. The zero-order chi connectivity index (χ0) is 15.6. The van der Waals surface area contributed by atoms with Gasteiger partial charge in [-0.05, 0) is 17.7 Å². The topological polar surface area (TPSA) is 55.1 Å². The first-order valence-corrected chi connectivity index (χ1v) is 6.19. The Morgan fingerprint density at radius 1 is 1.38 bits per heavy atom. The standard InChI is InChI=1S/C14H13F3N2O2/c1-19-12(5-6-13(20)21)11(8-18-19)9-3-2-4-10(7-9)14(15,16)17/h2-4,7-8H,5-6H2,1H3,(H,20,21). The number of carboxylic acid groups (broad SMARTS) is 1. The molecule has 21 heavy (non-hydrogen) atoms. The summed E-state index contributed by atoms with van der Waals surface area (Å²) in [5.74, 6) is -0.966. The van der Waals surface area contributed by atoms with Crippen molar-refractivity contribution in [2.75, 3.05) is 0 Å². The highest BCUT2D eigenvalue weighted by atomic mass is 19.4. The average molecular weight is 298 g/mol. The number of hydrogen-bond acceptors (Lipinski definition) is 2. The molecule has 7 heteroatoms. The maximum atomic E-state index is 12.7. The van der Waals surface area contributed by atoms with E-state index in [0.717, 1.165) is 12.1 Å². The molecular formula is C14H13F3N2O2. The smallest absolute Gasteiger partial charge is 0.416 e. The number of alkyl halides is 3. The fourth-order valence-electron chi connectivity index (χ4n) is 2.09. The Labute approximate surface area is 118 Å². The van der Waals surface area contributed by atoms with Gasteiger partial charge in [-0.1, -0.05) is 12.1 Å². The first-order chi connectivity index (χ1) is 9.79. The van der Waals surface area contributed by atoms with Gasteiger partial charge in [-0.25, -0.2) is 0 Å². The van der Waals surface area contributed by atoms with E-state index in [9.17, 15) is 18.0 Å². The maximum Gasteiger partial charge on any atom is 0.416 e. The van der Waals surface area contributed by atoms with Gasteiger partial charge < -0.3 is 5.11 Å². The third-order valence-electron chi connectivity index (χ3n) is 3.14. The van der Waals surface area contributed by atoms with Crippen molar-refractivity contribution in [3.8, 4) is 11.1 Å². The summed E-state index contributed by atoms with van der Waals surface area (Å²) in [6.07, 6.45) is -2.87. The second-order valence-electron chi connectivity index (χ2n) is 4.60. The number of nitrogens with zero attached hydrogens (tertiary/aromatic N) is 2. The number of carbonyl (C=O) groups is 1. The number of aromatic nitrogens is 2. The molecule has 0 fully saturated rings. The molecule has 0 saturated carbocycles. The lowest BCUT2D eigenvalue weighted by Gasteiger charge is -2.09. The van der Waals surface area contributed by atoms with Gasteiger partial charge >= 0.3 is 12.1 Å². The van der Waals surface area contributed by atoms with Crippen molar-refractivity contribution in [3.63, 3.8) is 0 Å². The molecule has 0 amide bonds. The average Bonchev–Trinajstić information content (AvgIpc) is 2.77. The second kappa shape index (κ2) is 5.59. The van der Waals surface area contributed by atoms with Gasteiger partial charge in [0.05, 0.1) is 18.2 Å². The van der Waals surface area contributed by atoms with Crippen molar-refractivity contribution in [1.82, 2.24) is 9.78 Å². The first kappa shape index (κ1) is 15.1. The molecule has 2 rings (SSSR count). The van der Waals surface area contributed by atoms with E-state index < -0.39 is 17.7 Å². The van der Waals surface area contributed by atoms with E-state index in [4.69, 9.17) is 5.11 Å². The molecule has 0 aliphatic heterocycles. The first-order valence-electron chi connectivity index (χ1n) is 6.19. The number of rotatable bonds is 4. The number of benzene rings is 1. The Morgan fingerprint density at radius 3 is 2.71 bits per heavy atom. The monoisotopic (exact) mass is 298 g/mol. The molecule has 2 aromatic rings. The summed E-state index contributed by atoms with van der Waals surface area (Å²) in [6.45, 7) is 0. The summed E-state index contributed by atoms with van der Waals surface area (Å²) in [7, 11) is 1.63. The molecule has 4 nitrogen and oxygen atoms in total. The van der Waals surface area contributed by atoms with Gasteiger partial charge in [-0.15, -0.1) is 0 Å². The van der Waals surface area contributed by atoms with Crippen molar-refractivity contribution in [2.24, 2.45) is 7.05 Å². The molecule has 0 bridgehead atoms. The lowest BCUT2D eigenvalue weighted by Crippen LogP contribution is -2.06. The number of aryl methyl sites for hydroxylation is 1. The molecule has 0 radical (unpaired) electrons. The van der Waals surface area contributed by atoms with E-state index in [2.05, 4.69) is 5.10 Å². The van der Waals surface area contributed by atoms with Crippen LogP contribution in [-0.2, 0) is 24.4 Å². The van der Waals surface area contributed by atoms with Crippen LogP contribution in [0.5, 0.6) is 0 Å². The van der Waals surface area contributed by atoms with Crippen molar-refractivity contribution >= 4 is 5.97 Å². The van der Waals surface area contributed by atoms with Gasteiger partial charge in [0.1, 0.15) is 0 Å². The molecular weight excluding hydrogens is 285 g/mol. The van der Waals surface area contributed by atoms with Crippen LogP contribution in [0, 0.1) is 0 Å². The van der Waals surface area contributed by atoms with Crippen LogP contribution in [0.1, 0.15) is 17.7 Å². The van der Waals surface area contributed by atoms with E-state index in [1.807, 2.05) is 0 Å². The molecule has 0 unspecified atom stereocenters. The Balaban J connectivity index is 2.41. The third kappa shape index (κ3) is 3.42. The Morgan fingerprint density at radius 2 is 2.10 bits per heavy atom. The summed E-state index contributed by atoms with van der Waals surface area (Å²) in [6, 6.07) is 4.92. The number of halogens is 3.